The Morgan fingerprint density at radius 1 is 1.54 bits per heavy atom. The first-order valence-electron chi connectivity index (χ1n) is 4.56. The second-order valence-corrected chi connectivity index (χ2v) is 4.56. The fourth-order valence-electron chi connectivity index (χ4n) is 1.63. The molecule has 0 atom stereocenters. The molecule has 0 unspecified atom stereocenters. The molecule has 0 bridgehead atoms. The summed E-state index contributed by atoms with van der Waals surface area (Å²) < 4.78 is 0. The summed E-state index contributed by atoms with van der Waals surface area (Å²) >= 11 is 1.82. The van der Waals surface area contributed by atoms with Crippen LogP contribution in [0.1, 0.15) is 28.7 Å². The molecule has 0 saturated heterocycles. The monoisotopic (exact) mass is 192 g/mol. The maximum absolute atomic E-state index is 10.7. The zero-order chi connectivity index (χ0) is 9.26. The SMILES string of the molecule is CC(=O)/C=C/c1cc2c(s1)CCC2. The van der Waals surface area contributed by atoms with Gasteiger partial charge in [-0.25, -0.2) is 0 Å². The van der Waals surface area contributed by atoms with Crippen molar-refractivity contribution >= 4 is 23.2 Å². The van der Waals surface area contributed by atoms with E-state index in [-0.39, 0.29) is 5.78 Å². The standard InChI is InChI=1S/C11H12OS/c1-8(12)5-6-10-7-9-3-2-4-11(9)13-10/h5-7H,2-4H2,1H3/b6-5+. The van der Waals surface area contributed by atoms with Crippen molar-refractivity contribution < 1.29 is 4.79 Å². The maximum atomic E-state index is 10.7. The van der Waals surface area contributed by atoms with Crippen LogP contribution in [0.2, 0.25) is 0 Å². The Morgan fingerprint density at radius 2 is 2.38 bits per heavy atom. The summed E-state index contributed by atoms with van der Waals surface area (Å²) in [7, 11) is 0. The van der Waals surface area contributed by atoms with Crippen LogP contribution in [0.15, 0.2) is 12.1 Å². The van der Waals surface area contributed by atoms with Gasteiger partial charge in [0.25, 0.3) is 0 Å². The van der Waals surface area contributed by atoms with E-state index in [1.165, 1.54) is 34.6 Å². The molecule has 68 valence electrons. The third-order valence-corrected chi connectivity index (χ3v) is 3.45. The molecule has 0 radical (unpaired) electrons. The molecule has 0 aliphatic heterocycles. The Labute approximate surface area is 82.1 Å². The summed E-state index contributed by atoms with van der Waals surface area (Å²) in [6.45, 7) is 1.58. The van der Waals surface area contributed by atoms with Gasteiger partial charge in [-0.2, -0.15) is 0 Å². The summed E-state index contributed by atoms with van der Waals surface area (Å²) in [5, 5.41) is 0. The lowest BCUT2D eigenvalue weighted by Crippen LogP contribution is -1.78. The van der Waals surface area contributed by atoms with Crippen molar-refractivity contribution in [3.63, 3.8) is 0 Å². The number of allylic oxidation sites excluding steroid dienone is 1. The molecule has 0 fully saturated rings. The van der Waals surface area contributed by atoms with Crippen LogP contribution in [0.25, 0.3) is 6.08 Å². The zero-order valence-corrected chi connectivity index (χ0v) is 8.49. The fraction of sp³-hybridized carbons (Fsp3) is 0.364. The van der Waals surface area contributed by atoms with E-state index >= 15 is 0 Å². The highest BCUT2D eigenvalue weighted by molar-refractivity contribution is 7.13. The predicted octanol–water partition coefficient (Wildman–Crippen LogP) is 2.84. The molecule has 0 N–H and O–H groups in total. The molecule has 0 amide bonds. The second-order valence-electron chi connectivity index (χ2n) is 3.39. The Balaban J connectivity index is 2.19. The van der Waals surface area contributed by atoms with E-state index in [9.17, 15) is 4.79 Å². The first-order chi connectivity index (χ1) is 6.25. The lowest BCUT2D eigenvalue weighted by molar-refractivity contribution is -0.112. The van der Waals surface area contributed by atoms with E-state index in [0.717, 1.165) is 0 Å². The molecule has 1 aliphatic carbocycles. The fourth-order valence-corrected chi connectivity index (χ4v) is 2.79. The smallest absolute Gasteiger partial charge is 0.152 e. The van der Waals surface area contributed by atoms with Crippen LogP contribution in [0.3, 0.4) is 0 Å². The van der Waals surface area contributed by atoms with Crippen LogP contribution in [0.5, 0.6) is 0 Å². The summed E-state index contributed by atoms with van der Waals surface area (Å²) in [6.07, 6.45) is 7.32. The average Bonchev–Trinajstić information content (AvgIpc) is 2.58. The molecule has 0 aromatic carbocycles. The topological polar surface area (TPSA) is 17.1 Å². The molecule has 2 heteroatoms. The second kappa shape index (κ2) is 3.46. The van der Waals surface area contributed by atoms with Crippen LogP contribution in [0.4, 0.5) is 0 Å². The average molecular weight is 192 g/mol. The number of carbonyl (C=O) groups is 1. The molecular formula is C11H12OS. The van der Waals surface area contributed by atoms with E-state index in [0.29, 0.717) is 0 Å². The number of aryl methyl sites for hydroxylation is 2. The van der Waals surface area contributed by atoms with Crippen LogP contribution >= 0.6 is 11.3 Å². The number of ketones is 1. The molecule has 13 heavy (non-hydrogen) atoms. The van der Waals surface area contributed by atoms with Gasteiger partial charge in [-0.15, -0.1) is 11.3 Å². The highest BCUT2D eigenvalue weighted by Gasteiger charge is 2.13. The minimum absolute atomic E-state index is 0.119. The van der Waals surface area contributed by atoms with Gasteiger partial charge >= 0.3 is 0 Å². The van der Waals surface area contributed by atoms with Gasteiger partial charge in [-0.1, -0.05) is 0 Å². The molecule has 1 heterocycles. The Morgan fingerprint density at radius 3 is 3.08 bits per heavy atom. The number of hydrogen-bond acceptors (Lipinski definition) is 2. The highest BCUT2D eigenvalue weighted by atomic mass is 32.1. The van der Waals surface area contributed by atoms with Crippen molar-refractivity contribution in [1.29, 1.82) is 0 Å². The van der Waals surface area contributed by atoms with E-state index < -0.39 is 0 Å². The van der Waals surface area contributed by atoms with Gasteiger partial charge in [0.05, 0.1) is 0 Å². The summed E-state index contributed by atoms with van der Waals surface area (Å²) in [5.74, 6) is 0.119. The van der Waals surface area contributed by atoms with E-state index in [1.54, 1.807) is 13.0 Å². The first kappa shape index (κ1) is 8.70. The summed E-state index contributed by atoms with van der Waals surface area (Å²) in [5.41, 5.74) is 1.49. The molecule has 1 nitrogen and oxygen atoms in total. The molecule has 1 aromatic rings. The van der Waals surface area contributed by atoms with Gasteiger partial charge in [-0.05, 0) is 50.0 Å². The number of thiophene rings is 1. The Kier molecular flexibility index (Phi) is 2.32. The van der Waals surface area contributed by atoms with Crippen LogP contribution in [-0.4, -0.2) is 5.78 Å². The first-order valence-corrected chi connectivity index (χ1v) is 5.37. The number of carbonyl (C=O) groups excluding carboxylic acids is 1. The maximum Gasteiger partial charge on any atom is 0.152 e. The van der Waals surface area contributed by atoms with Crippen molar-refractivity contribution in [1.82, 2.24) is 0 Å². The Hall–Kier alpha value is -0.890. The van der Waals surface area contributed by atoms with Crippen LogP contribution in [-0.2, 0) is 17.6 Å². The van der Waals surface area contributed by atoms with Crippen molar-refractivity contribution in [3.05, 3.63) is 27.5 Å². The van der Waals surface area contributed by atoms with Crippen molar-refractivity contribution in [2.24, 2.45) is 0 Å². The van der Waals surface area contributed by atoms with Gasteiger partial charge in [0.2, 0.25) is 0 Å². The van der Waals surface area contributed by atoms with E-state index in [2.05, 4.69) is 6.07 Å². The molecule has 0 spiro atoms. The van der Waals surface area contributed by atoms with Gasteiger partial charge < -0.3 is 0 Å². The predicted molar refractivity (Wildman–Crippen MR) is 56.1 cm³/mol. The van der Waals surface area contributed by atoms with E-state index in [1.807, 2.05) is 17.4 Å². The summed E-state index contributed by atoms with van der Waals surface area (Å²) in [4.78, 5) is 13.4. The van der Waals surface area contributed by atoms with Gasteiger partial charge in [-0.3, -0.25) is 4.79 Å². The third kappa shape index (κ3) is 1.89. The molecule has 2 rings (SSSR count). The molecular weight excluding hydrogens is 180 g/mol. The molecule has 1 aromatic heterocycles. The van der Waals surface area contributed by atoms with Crippen molar-refractivity contribution in [3.8, 4) is 0 Å². The number of hydrogen-bond donors (Lipinski definition) is 0. The Bertz CT molecular complexity index is 339. The highest BCUT2D eigenvalue weighted by Crippen LogP contribution is 2.31. The minimum atomic E-state index is 0.119. The van der Waals surface area contributed by atoms with Crippen molar-refractivity contribution in [2.45, 2.75) is 26.2 Å². The third-order valence-electron chi connectivity index (χ3n) is 2.25. The lowest BCUT2D eigenvalue weighted by atomic mass is 10.2. The van der Waals surface area contributed by atoms with Crippen LogP contribution in [0, 0.1) is 0 Å². The number of rotatable bonds is 2. The quantitative estimate of drug-likeness (QED) is 0.658. The lowest BCUT2D eigenvalue weighted by Gasteiger charge is -1.85. The zero-order valence-electron chi connectivity index (χ0n) is 7.67. The van der Waals surface area contributed by atoms with Crippen LogP contribution < -0.4 is 0 Å². The normalized spacial score (nSPS) is 15.2. The molecule has 0 saturated carbocycles. The number of fused-ring (bicyclic) bond motifs is 1. The summed E-state index contributed by atoms with van der Waals surface area (Å²) in [6, 6.07) is 2.21. The van der Waals surface area contributed by atoms with Gasteiger partial charge in [0, 0.05) is 9.75 Å². The van der Waals surface area contributed by atoms with Gasteiger partial charge in [0.1, 0.15) is 0 Å². The van der Waals surface area contributed by atoms with Crippen molar-refractivity contribution in [2.75, 3.05) is 0 Å². The van der Waals surface area contributed by atoms with Gasteiger partial charge in [0.15, 0.2) is 5.78 Å². The molecule has 1 aliphatic rings. The van der Waals surface area contributed by atoms with E-state index in [4.69, 9.17) is 0 Å². The minimum Gasteiger partial charge on any atom is -0.295 e. The largest absolute Gasteiger partial charge is 0.295 e.